The van der Waals surface area contributed by atoms with Crippen LogP contribution >= 0.6 is 23.2 Å². The predicted molar refractivity (Wildman–Crippen MR) is 124 cm³/mol. The highest BCUT2D eigenvalue weighted by Crippen LogP contribution is 2.44. The van der Waals surface area contributed by atoms with Crippen LogP contribution in [-0.4, -0.2) is 72.8 Å². The Labute approximate surface area is 190 Å². The van der Waals surface area contributed by atoms with Gasteiger partial charge < -0.3 is 20.3 Å². The molecular formula is C21H33Cl2N3O3Si. The highest BCUT2D eigenvalue weighted by atomic mass is 35.5. The fourth-order valence-electron chi connectivity index (χ4n) is 3.95. The van der Waals surface area contributed by atoms with E-state index in [2.05, 4.69) is 13.8 Å². The first-order chi connectivity index (χ1) is 13.9. The molecule has 1 aliphatic rings. The maximum absolute atomic E-state index is 13.1. The van der Waals surface area contributed by atoms with Crippen molar-refractivity contribution in [1.82, 2.24) is 9.80 Å². The Kier molecular flexibility index (Phi) is 8.38. The number of nitrogens with zero attached hydrogens (tertiary/aromatic N) is 2. The van der Waals surface area contributed by atoms with E-state index in [0.29, 0.717) is 43.2 Å². The summed E-state index contributed by atoms with van der Waals surface area (Å²) >= 11 is 11.8. The fraction of sp³-hybridized carbons (Fsp3) is 0.619. The predicted octanol–water partition coefficient (Wildman–Crippen LogP) is 3.17. The molecule has 1 aliphatic heterocycles. The topological polar surface area (TPSA) is 86.9 Å². The third-order valence-corrected chi connectivity index (χ3v) is 10.4. The van der Waals surface area contributed by atoms with Gasteiger partial charge in [0.15, 0.2) is 8.32 Å². The molecule has 1 saturated heterocycles. The second-order valence-corrected chi connectivity index (χ2v) is 14.4. The number of nitrogens with two attached hydrogens (primary N) is 1. The van der Waals surface area contributed by atoms with Gasteiger partial charge in [0.2, 0.25) is 5.91 Å². The van der Waals surface area contributed by atoms with Crippen LogP contribution in [0.4, 0.5) is 0 Å². The van der Waals surface area contributed by atoms with E-state index in [4.69, 9.17) is 28.9 Å². The first-order valence-corrected chi connectivity index (χ1v) is 14.1. The average Bonchev–Trinajstić information content (AvgIpc) is 3.07. The molecule has 168 valence electrons. The maximum atomic E-state index is 13.1. The molecule has 0 unspecified atom stereocenters. The van der Waals surface area contributed by atoms with E-state index < -0.39 is 8.32 Å². The summed E-state index contributed by atoms with van der Waals surface area (Å²) < 4.78 is 0. The lowest BCUT2D eigenvalue weighted by Gasteiger charge is -2.40. The summed E-state index contributed by atoms with van der Waals surface area (Å²) in [6.45, 7) is 9.61. The van der Waals surface area contributed by atoms with Gasteiger partial charge in [-0.25, -0.2) is 0 Å². The number of carbonyl (C=O) groups excluding carboxylic acids is 2. The molecule has 0 radical (unpaired) electrons. The van der Waals surface area contributed by atoms with Crippen LogP contribution in [0.2, 0.25) is 23.2 Å². The van der Waals surface area contributed by atoms with Gasteiger partial charge in [0.25, 0.3) is 5.91 Å². The fourth-order valence-corrected chi connectivity index (χ4v) is 4.99. The number of rotatable bonds is 8. The van der Waals surface area contributed by atoms with Gasteiger partial charge in [-0.3, -0.25) is 9.59 Å². The van der Waals surface area contributed by atoms with Gasteiger partial charge in [0, 0.05) is 36.8 Å². The second kappa shape index (κ2) is 10.00. The minimum absolute atomic E-state index is 0.0221. The Balaban J connectivity index is 2.33. The molecule has 2 rings (SSSR count). The highest BCUT2D eigenvalue weighted by molar-refractivity contribution is 6.72. The molecule has 2 amide bonds. The van der Waals surface area contributed by atoms with Crippen LogP contribution in [0.1, 0.15) is 30.6 Å². The van der Waals surface area contributed by atoms with E-state index >= 15 is 0 Å². The number of amides is 2. The van der Waals surface area contributed by atoms with Crippen LogP contribution in [0.3, 0.4) is 0 Å². The first kappa shape index (κ1) is 25.1. The number of hydrogen-bond acceptors (Lipinski definition) is 4. The van der Waals surface area contributed by atoms with Crippen molar-refractivity contribution in [2.45, 2.75) is 44.4 Å². The minimum atomic E-state index is -2.46. The minimum Gasteiger partial charge on any atom is -0.432 e. The average molecular weight is 475 g/mol. The van der Waals surface area contributed by atoms with Gasteiger partial charge in [0.1, 0.15) is 5.88 Å². The maximum Gasteiger partial charge on any atom is 0.253 e. The van der Waals surface area contributed by atoms with Gasteiger partial charge in [-0.2, -0.15) is 0 Å². The van der Waals surface area contributed by atoms with Crippen LogP contribution < -0.4 is 5.73 Å². The number of carbonyl (C=O) groups is 2. The molecule has 0 saturated carbocycles. The zero-order chi connectivity index (χ0) is 22.7. The molecule has 0 spiro atoms. The molecule has 1 heterocycles. The highest BCUT2D eigenvalue weighted by Gasteiger charge is 2.46. The molecule has 1 fully saturated rings. The van der Waals surface area contributed by atoms with Crippen molar-refractivity contribution >= 4 is 43.3 Å². The summed E-state index contributed by atoms with van der Waals surface area (Å²) in [6, 6.07) is 6.62. The van der Waals surface area contributed by atoms with E-state index in [1.54, 1.807) is 34.1 Å². The van der Waals surface area contributed by atoms with Crippen LogP contribution in [0, 0.1) is 5.92 Å². The largest absolute Gasteiger partial charge is 0.432 e. The van der Waals surface area contributed by atoms with E-state index in [-0.39, 0.29) is 34.7 Å². The molecule has 1 aromatic carbocycles. The van der Waals surface area contributed by atoms with Gasteiger partial charge in [-0.1, -0.05) is 25.4 Å². The lowest BCUT2D eigenvalue weighted by molar-refractivity contribution is -0.131. The number of alkyl halides is 1. The number of halogens is 2. The Hall–Kier alpha value is -1.12. The number of benzene rings is 1. The van der Waals surface area contributed by atoms with Crippen molar-refractivity contribution in [3.63, 3.8) is 0 Å². The molecule has 3 N–H and O–H groups in total. The van der Waals surface area contributed by atoms with E-state index in [9.17, 15) is 14.4 Å². The van der Waals surface area contributed by atoms with E-state index in [1.807, 2.05) is 13.1 Å². The Morgan fingerprint density at radius 3 is 2.37 bits per heavy atom. The molecule has 1 aromatic rings. The van der Waals surface area contributed by atoms with Gasteiger partial charge in [-0.15, -0.1) is 11.6 Å². The number of likely N-dealkylation sites (tertiary alicyclic amines) is 1. The standard InChI is InChI=1S/C21H33Cl2N3O3Si/c1-21(2,30(3,4)29)11-16-13-25(20(28)15-5-7-17(23)8-6-15)14-18(16)26(10-9-24)19(27)12-22/h5-8,16,18,29H,9-14,24H2,1-4H3/t16-,18-/m1/s1. The third-order valence-electron chi connectivity index (χ3n) is 6.42. The van der Waals surface area contributed by atoms with Crippen LogP contribution in [-0.2, 0) is 4.79 Å². The Morgan fingerprint density at radius 2 is 1.87 bits per heavy atom. The van der Waals surface area contributed by atoms with Crippen molar-refractivity contribution in [2.24, 2.45) is 11.7 Å². The molecule has 2 atom stereocenters. The normalized spacial score (nSPS) is 19.8. The van der Waals surface area contributed by atoms with Crippen LogP contribution in [0.25, 0.3) is 0 Å². The Morgan fingerprint density at radius 1 is 1.27 bits per heavy atom. The summed E-state index contributed by atoms with van der Waals surface area (Å²) in [6.07, 6.45) is 0.703. The molecule has 9 heteroatoms. The molecular weight excluding hydrogens is 441 g/mol. The SMILES string of the molecule is CC(C)(C[C@@H]1CN(C(=O)c2ccc(Cl)cc2)C[C@H]1N(CCN)C(=O)CCl)[Si](C)(C)O. The first-order valence-electron chi connectivity index (χ1n) is 10.2. The molecule has 0 aromatic heterocycles. The van der Waals surface area contributed by atoms with E-state index in [1.165, 1.54) is 0 Å². The Bertz CT molecular complexity index is 753. The summed E-state index contributed by atoms with van der Waals surface area (Å²) in [7, 11) is -2.46. The molecule has 6 nitrogen and oxygen atoms in total. The monoisotopic (exact) mass is 473 g/mol. The summed E-state index contributed by atoms with van der Waals surface area (Å²) in [4.78, 5) is 40.0. The summed E-state index contributed by atoms with van der Waals surface area (Å²) in [5.41, 5.74) is 6.33. The van der Waals surface area contributed by atoms with Crippen LogP contribution in [0.5, 0.6) is 0 Å². The molecule has 0 bridgehead atoms. The zero-order valence-corrected chi connectivity index (χ0v) is 20.7. The molecule has 0 aliphatic carbocycles. The second-order valence-electron chi connectivity index (χ2n) is 9.20. The lowest BCUT2D eigenvalue weighted by atomic mass is 9.91. The summed E-state index contributed by atoms with van der Waals surface area (Å²) in [5, 5.41) is 0.288. The van der Waals surface area contributed by atoms with Gasteiger partial charge >= 0.3 is 0 Å². The van der Waals surface area contributed by atoms with Crippen LogP contribution in [0.15, 0.2) is 24.3 Å². The third kappa shape index (κ3) is 5.76. The van der Waals surface area contributed by atoms with Crippen molar-refractivity contribution in [3.05, 3.63) is 34.9 Å². The smallest absolute Gasteiger partial charge is 0.253 e. The van der Waals surface area contributed by atoms with E-state index in [0.717, 1.165) is 0 Å². The van der Waals surface area contributed by atoms with Crippen molar-refractivity contribution < 1.29 is 14.4 Å². The number of hydrogen-bond donors (Lipinski definition) is 2. The molecule has 30 heavy (non-hydrogen) atoms. The summed E-state index contributed by atoms with van der Waals surface area (Å²) in [5.74, 6) is -0.383. The van der Waals surface area contributed by atoms with Crippen molar-refractivity contribution in [3.8, 4) is 0 Å². The van der Waals surface area contributed by atoms with Gasteiger partial charge in [0.05, 0.1) is 6.04 Å². The van der Waals surface area contributed by atoms with Crippen molar-refractivity contribution in [1.29, 1.82) is 0 Å². The quantitative estimate of drug-likeness (QED) is 0.448. The van der Waals surface area contributed by atoms with Crippen molar-refractivity contribution in [2.75, 3.05) is 32.1 Å². The van der Waals surface area contributed by atoms with Gasteiger partial charge in [-0.05, 0) is 54.7 Å². The zero-order valence-electron chi connectivity index (χ0n) is 18.2. The lowest BCUT2D eigenvalue weighted by Crippen LogP contribution is -2.49.